The Morgan fingerprint density at radius 1 is 1.21 bits per heavy atom. The number of amides is 1. The van der Waals surface area contributed by atoms with Crippen molar-refractivity contribution in [2.24, 2.45) is 0 Å². The van der Waals surface area contributed by atoms with Gasteiger partial charge in [-0.15, -0.1) is 0 Å². The van der Waals surface area contributed by atoms with Gasteiger partial charge in [0, 0.05) is 19.3 Å². The predicted molar refractivity (Wildman–Crippen MR) is 73.6 cm³/mol. The number of nitrogens with zero attached hydrogens (tertiary/aromatic N) is 3. The van der Waals surface area contributed by atoms with E-state index in [0.29, 0.717) is 24.6 Å². The first kappa shape index (κ1) is 13.2. The molecule has 1 aromatic heterocycles. The van der Waals surface area contributed by atoms with Crippen molar-refractivity contribution < 1.29 is 4.79 Å². The van der Waals surface area contributed by atoms with E-state index in [1.807, 2.05) is 37.3 Å². The predicted octanol–water partition coefficient (Wildman–Crippen LogP) is 2.45. The molecule has 0 bridgehead atoms. The fourth-order valence-corrected chi connectivity index (χ4v) is 1.87. The number of carbonyl (C=O) groups is 1. The fourth-order valence-electron chi connectivity index (χ4n) is 1.87. The van der Waals surface area contributed by atoms with Crippen LogP contribution >= 0.6 is 0 Å². The van der Waals surface area contributed by atoms with Crippen molar-refractivity contribution in [1.29, 1.82) is 0 Å². The van der Waals surface area contributed by atoms with Gasteiger partial charge in [0.05, 0.1) is 0 Å². The Labute approximate surface area is 113 Å². The van der Waals surface area contributed by atoms with E-state index in [1.54, 1.807) is 24.1 Å². The van der Waals surface area contributed by atoms with E-state index in [9.17, 15) is 4.79 Å². The minimum atomic E-state index is -0.0585. The van der Waals surface area contributed by atoms with Gasteiger partial charge in [0.1, 0.15) is 11.5 Å². The molecule has 4 heteroatoms. The van der Waals surface area contributed by atoms with Gasteiger partial charge in [-0.1, -0.05) is 30.3 Å². The van der Waals surface area contributed by atoms with E-state index in [1.165, 1.54) is 0 Å². The standard InChI is InChI=1S/C15H17N3O/c1-3-18(11-13-7-5-4-6-8-13)15(19)14-9-10-16-12(2)17-14/h4-10H,3,11H2,1-2H3. The summed E-state index contributed by atoms with van der Waals surface area (Å²) in [6.07, 6.45) is 1.62. The van der Waals surface area contributed by atoms with Gasteiger partial charge in [-0.2, -0.15) is 0 Å². The quantitative estimate of drug-likeness (QED) is 0.843. The van der Waals surface area contributed by atoms with Gasteiger partial charge in [-0.3, -0.25) is 4.79 Å². The van der Waals surface area contributed by atoms with E-state index in [2.05, 4.69) is 9.97 Å². The average molecular weight is 255 g/mol. The Morgan fingerprint density at radius 2 is 1.95 bits per heavy atom. The maximum absolute atomic E-state index is 12.4. The van der Waals surface area contributed by atoms with Crippen LogP contribution in [0.4, 0.5) is 0 Å². The molecule has 0 atom stereocenters. The lowest BCUT2D eigenvalue weighted by Gasteiger charge is -2.20. The van der Waals surface area contributed by atoms with Crippen molar-refractivity contribution in [3.05, 3.63) is 59.7 Å². The highest BCUT2D eigenvalue weighted by atomic mass is 16.2. The number of hydrogen-bond acceptors (Lipinski definition) is 3. The van der Waals surface area contributed by atoms with Crippen LogP contribution in [0.1, 0.15) is 28.8 Å². The third-order valence-electron chi connectivity index (χ3n) is 2.88. The molecule has 0 aliphatic carbocycles. The third-order valence-corrected chi connectivity index (χ3v) is 2.88. The number of rotatable bonds is 4. The average Bonchev–Trinajstić information content (AvgIpc) is 2.45. The summed E-state index contributed by atoms with van der Waals surface area (Å²) < 4.78 is 0. The van der Waals surface area contributed by atoms with Crippen molar-refractivity contribution in [2.45, 2.75) is 20.4 Å². The smallest absolute Gasteiger partial charge is 0.272 e. The molecule has 0 aliphatic rings. The topological polar surface area (TPSA) is 46.1 Å². The molecule has 2 aromatic rings. The second-order valence-electron chi connectivity index (χ2n) is 4.29. The number of benzene rings is 1. The molecule has 98 valence electrons. The van der Waals surface area contributed by atoms with Crippen molar-refractivity contribution in [3.63, 3.8) is 0 Å². The van der Waals surface area contributed by atoms with Crippen LogP contribution < -0.4 is 0 Å². The number of aryl methyl sites for hydroxylation is 1. The van der Waals surface area contributed by atoms with Crippen LogP contribution in [-0.2, 0) is 6.54 Å². The lowest BCUT2D eigenvalue weighted by atomic mass is 10.2. The molecule has 1 heterocycles. The van der Waals surface area contributed by atoms with Crippen LogP contribution in [0.15, 0.2) is 42.6 Å². The van der Waals surface area contributed by atoms with Crippen molar-refractivity contribution in [2.75, 3.05) is 6.54 Å². The minimum Gasteiger partial charge on any atom is -0.333 e. The first-order valence-electron chi connectivity index (χ1n) is 6.33. The Morgan fingerprint density at radius 3 is 2.58 bits per heavy atom. The van der Waals surface area contributed by atoms with Crippen molar-refractivity contribution >= 4 is 5.91 Å². The van der Waals surface area contributed by atoms with Crippen molar-refractivity contribution in [1.82, 2.24) is 14.9 Å². The molecule has 0 aliphatic heterocycles. The largest absolute Gasteiger partial charge is 0.333 e. The van der Waals surface area contributed by atoms with Gasteiger partial charge in [0.2, 0.25) is 0 Å². The molecule has 0 unspecified atom stereocenters. The molecule has 1 aromatic carbocycles. The van der Waals surface area contributed by atoms with Gasteiger partial charge in [0.25, 0.3) is 5.91 Å². The molecular weight excluding hydrogens is 238 g/mol. The molecule has 4 nitrogen and oxygen atoms in total. The van der Waals surface area contributed by atoms with E-state index in [0.717, 1.165) is 5.56 Å². The van der Waals surface area contributed by atoms with Crippen LogP contribution in [0.5, 0.6) is 0 Å². The third kappa shape index (κ3) is 3.37. The second-order valence-corrected chi connectivity index (χ2v) is 4.29. The van der Waals surface area contributed by atoms with Crippen LogP contribution in [-0.4, -0.2) is 27.3 Å². The maximum atomic E-state index is 12.4. The molecular formula is C15H17N3O. The normalized spacial score (nSPS) is 10.2. The molecule has 0 saturated carbocycles. The highest BCUT2D eigenvalue weighted by Crippen LogP contribution is 2.08. The molecule has 0 radical (unpaired) electrons. The number of hydrogen-bond donors (Lipinski definition) is 0. The fraction of sp³-hybridized carbons (Fsp3) is 0.267. The van der Waals surface area contributed by atoms with E-state index in [-0.39, 0.29) is 5.91 Å². The van der Waals surface area contributed by atoms with Crippen molar-refractivity contribution in [3.8, 4) is 0 Å². The van der Waals surface area contributed by atoms with Gasteiger partial charge in [-0.25, -0.2) is 9.97 Å². The van der Waals surface area contributed by atoms with Crippen LogP contribution in [0.25, 0.3) is 0 Å². The molecule has 0 N–H and O–H groups in total. The Bertz CT molecular complexity index is 554. The monoisotopic (exact) mass is 255 g/mol. The van der Waals surface area contributed by atoms with Gasteiger partial charge < -0.3 is 4.90 Å². The number of carbonyl (C=O) groups excluding carboxylic acids is 1. The summed E-state index contributed by atoms with van der Waals surface area (Å²) in [7, 11) is 0. The summed E-state index contributed by atoms with van der Waals surface area (Å²) in [6.45, 7) is 5.00. The second kappa shape index (κ2) is 6.09. The first-order chi connectivity index (χ1) is 9.20. The van der Waals surface area contributed by atoms with Crippen LogP contribution in [0.2, 0.25) is 0 Å². The summed E-state index contributed by atoms with van der Waals surface area (Å²) in [5.41, 5.74) is 1.56. The highest BCUT2D eigenvalue weighted by molar-refractivity contribution is 5.92. The molecule has 0 spiro atoms. The molecule has 0 fully saturated rings. The molecule has 19 heavy (non-hydrogen) atoms. The summed E-state index contributed by atoms with van der Waals surface area (Å²) in [5.74, 6) is 0.554. The zero-order valence-corrected chi connectivity index (χ0v) is 11.2. The zero-order valence-electron chi connectivity index (χ0n) is 11.2. The summed E-state index contributed by atoms with van der Waals surface area (Å²) in [4.78, 5) is 22.3. The summed E-state index contributed by atoms with van der Waals surface area (Å²) >= 11 is 0. The highest BCUT2D eigenvalue weighted by Gasteiger charge is 2.15. The van der Waals surface area contributed by atoms with E-state index < -0.39 is 0 Å². The Balaban J connectivity index is 2.16. The van der Waals surface area contributed by atoms with Gasteiger partial charge >= 0.3 is 0 Å². The Hall–Kier alpha value is -2.23. The first-order valence-corrected chi connectivity index (χ1v) is 6.33. The van der Waals surface area contributed by atoms with Crippen LogP contribution in [0, 0.1) is 6.92 Å². The minimum absolute atomic E-state index is 0.0585. The lowest BCUT2D eigenvalue weighted by Crippen LogP contribution is -2.31. The maximum Gasteiger partial charge on any atom is 0.272 e. The zero-order chi connectivity index (χ0) is 13.7. The van der Waals surface area contributed by atoms with Gasteiger partial charge in [-0.05, 0) is 25.5 Å². The molecule has 2 rings (SSSR count). The summed E-state index contributed by atoms with van der Waals surface area (Å²) in [5, 5.41) is 0. The Kier molecular flexibility index (Phi) is 4.23. The van der Waals surface area contributed by atoms with Gasteiger partial charge in [0.15, 0.2) is 0 Å². The molecule has 1 amide bonds. The van der Waals surface area contributed by atoms with E-state index in [4.69, 9.17) is 0 Å². The molecule has 0 saturated heterocycles. The van der Waals surface area contributed by atoms with Crippen LogP contribution in [0.3, 0.4) is 0 Å². The summed E-state index contributed by atoms with van der Waals surface area (Å²) in [6, 6.07) is 11.6. The lowest BCUT2D eigenvalue weighted by molar-refractivity contribution is 0.0746. The number of aromatic nitrogens is 2. The SMILES string of the molecule is CCN(Cc1ccccc1)C(=O)c1ccnc(C)n1. The van der Waals surface area contributed by atoms with E-state index >= 15 is 0 Å².